The molecule has 0 fully saturated rings. The second-order valence-corrected chi connectivity index (χ2v) is 3.84. The van der Waals surface area contributed by atoms with Crippen molar-refractivity contribution < 1.29 is 4.39 Å². The highest BCUT2D eigenvalue weighted by molar-refractivity contribution is 9.10. The third kappa shape index (κ3) is 1.42. The van der Waals surface area contributed by atoms with Crippen LogP contribution in [0.4, 0.5) is 4.39 Å². The molecule has 0 saturated carbocycles. The summed E-state index contributed by atoms with van der Waals surface area (Å²) in [6.07, 6.45) is 3.07. The lowest BCUT2D eigenvalue weighted by Gasteiger charge is -2.02. The van der Waals surface area contributed by atoms with E-state index in [2.05, 4.69) is 20.9 Å². The van der Waals surface area contributed by atoms with Gasteiger partial charge in [0, 0.05) is 27.6 Å². The van der Waals surface area contributed by atoms with Gasteiger partial charge in [-0.05, 0) is 12.1 Å². The summed E-state index contributed by atoms with van der Waals surface area (Å²) in [5.41, 5.74) is 0. The number of hydrogen-bond donors (Lipinski definition) is 0. The smallest absolute Gasteiger partial charge is 0.151 e. The number of aromatic nitrogens is 1. The maximum absolute atomic E-state index is 13.4. The zero-order valence-electron chi connectivity index (χ0n) is 6.39. The maximum Gasteiger partial charge on any atom is 0.151 e. The van der Waals surface area contributed by atoms with Crippen LogP contribution in [0.5, 0.6) is 0 Å². The molecule has 0 saturated heterocycles. The molecular formula is C9H4BrClFN. The number of nitrogens with zero attached hydrogens (tertiary/aromatic N) is 1. The average molecular weight is 260 g/mol. The minimum atomic E-state index is -0.423. The Morgan fingerprint density at radius 3 is 2.92 bits per heavy atom. The van der Waals surface area contributed by atoms with E-state index in [0.29, 0.717) is 5.39 Å². The molecule has 66 valence electrons. The van der Waals surface area contributed by atoms with Crippen LogP contribution < -0.4 is 0 Å². The molecule has 0 bridgehead atoms. The fourth-order valence-electron chi connectivity index (χ4n) is 1.16. The first-order chi connectivity index (χ1) is 6.20. The number of halogens is 3. The topological polar surface area (TPSA) is 12.9 Å². The van der Waals surface area contributed by atoms with Crippen molar-refractivity contribution in [1.29, 1.82) is 0 Å². The molecule has 2 aromatic rings. The molecule has 0 radical (unpaired) electrons. The first-order valence-electron chi connectivity index (χ1n) is 3.57. The Balaban J connectivity index is 2.97. The molecule has 4 heteroatoms. The Bertz CT molecular complexity index is 472. The van der Waals surface area contributed by atoms with E-state index in [-0.39, 0.29) is 5.02 Å². The molecule has 0 N–H and O–H groups in total. The number of fused-ring (bicyclic) bond motifs is 1. The van der Waals surface area contributed by atoms with Crippen molar-refractivity contribution in [2.45, 2.75) is 0 Å². The van der Waals surface area contributed by atoms with Crippen LogP contribution in [0, 0.1) is 5.82 Å². The van der Waals surface area contributed by atoms with Crippen LogP contribution in [-0.4, -0.2) is 4.98 Å². The molecule has 13 heavy (non-hydrogen) atoms. The fraction of sp³-hybridized carbons (Fsp3) is 0. The minimum absolute atomic E-state index is 0.104. The van der Waals surface area contributed by atoms with E-state index in [9.17, 15) is 4.39 Å². The molecule has 0 spiro atoms. The average Bonchev–Trinajstić information content (AvgIpc) is 2.15. The van der Waals surface area contributed by atoms with Crippen LogP contribution in [0.1, 0.15) is 0 Å². The van der Waals surface area contributed by atoms with Crippen LogP contribution in [0.25, 0.3) is 10.8 Å². The van der Waals surface area contributed by atoms with Crippen LogP contribution >= 0.6 is 27.5 Å². The summed E-state index contributed by atoms with van der Waals surface area (Å²) in [6.45, 7) is 0. The Labute approximate surface area is 87.7 Å². The molecule has 0 unspecified atom stereocenters. The molecule has 1 heterocycles. The van der Waals surface area contributed by atoms with E-state index in [0.717, 1.165) is 9.86 Å². The molecule has 1 aromatic carbocycles. The molecule has 0 aliphatic heterocycles. The standard InChI is InChI=1S/C9H4BrClFN/c10-7-3-8(11)9(12)6-4-13-2-1-5(6)7/h1-4H. The molecule has 0 aliphatic rings. The van der Waals surface area contributed by atoms with Crippen molar-refractivity contribution >= 4 is 38.3 Å². The van der Waals surface area contributed by atoms with Crippen molar-refractivity contribution in [3.05, 3.63) is 39.8 Å². The molecule has 0 atom stereocenters. The number of hydrogen-bond acceptors (Lipinski definition) is 1. The van der Waals surface area contributed by atoms with Gasteiger partial charge in [0.15, 0.2) is 5.82 Å². The van der Waals surface area contributed by atoms with E-state index in [1.807, 2.05) is 0 Å². The number of pyridine rings is 1. The molecule has 1 aromatic heterocycles. The zero-order valence-corrected chi connectivity index (χ0v) is 8.73. The Hall–Kier alpha value is -0.670. The minimum Gasteiger partial charge on any atom is -0.264 e. The van der Waals surface area contributed by atoms with Crippen molar-refractivity contribution in [3.63, 3.8) is 0 Å². The van der Waals surface area contributed by atoms with Gasteiger partial charge in [-0.15, -0.1) is 0 Å². The van der Waals surface area contributed by atoms with Gasteiger partial charge >= 0.3 is 0 Å². The van der Waals surface area contributed by atoms with Gasteiger partial charge in [0.25, 0.3) is 0 Å². The first-order valence-corrected chi connectivity index (χ1v) is 4.74. The van der Waals surface area contributed by atoms with Crippen LogP contribution in [-0.2, 0) is 0 Å². The van der Waals surface area contributed by atoms with Gasteiger partial charge in [-0.25, -0.2) is 4.39 Å². The van der Waals surface area contributed by atoms with Crippen molar-refractivity contribution in [2.75, 3.05) is 0 Å². The quantitative estimate of drug-likeness (QED) is 0.657. The van der Waals surface area contributed by atoms with E-state index in [1.165, 1.54) is 6.20 Å². The van der Waals surface area contributed by atoms with E-state index in [4.69, 9.17) is 11.6 Å². The summed E-state index contributed by atoms with van der Waals surface area (Å²) >= 11 is 8.96. The molecule has 0 aliphatic carbocycles. The monoisotopic (exact) mass is 259 g/mol. The van der Waals surface area contributed by atoms with Crippen molar-refractivity contribution in [1.82, 2.24) is 4.98 Å². The summed E-state index contributed by atoms with van der Waals surface area (Å²) in [6, 6.07) is 3.28. The highest BCUT2D eigenvalue weighted by Crippen LogP contribution is 2.30. The lowest BCUT2D eigenvalue weighted by Crippen LogP contribution is -1.84. The fourth-order valence-corrected chi connectivity index (χ4v) is 2.08. The zero-order chi connectivity index (χ0) is 9.42. The number of benzene rings is 1. The second kappa shape index (κ2) is 3.24. The second-order valence-electron chi connectivity index (χ2n) is 2.58. The van der Waals surface area contributed by atoms with Gasteiger partial charge in [-0.3, -0.25) is 4.98 Å². The van der Waals surface area contributed by atoms with Crippen LogP contribution in [0.2, 0.25) is 5.02 Å². The van der Waals surface area contributed by atoms with Gasteiger partial charge in [0.1, 0.15) is 0 Å². The van der Waals surface area contributed by atoms with E-state index in [1.54, 1.807) is 18.3 Å². The third-order valence-corrected chi connectivity index (χ3v) is 2.71. The summed E-state index contributed by atoms with van der Waals surface area (Å²) in [4.78, 5) is 3.84. The lowest BCUT2D eigenvalue weighted by molar-refractivity contribution is 0.639. The Morgan fingerprint density at radius 2 is 2.15 bits per heavy atom. The molecule has 1 nitrogen and oxygen atoms in total. The maximum atomic E-state index is 13.4. The Morgan fingerprint density at radius 1 is 1.38 bits per heavy atom. The van der Waals surface area contributed by atoms with Crippen molar-refractivity contribution in [2.24, 2.45) is 0 Å². The Kier molecular flexibility index (Phi) is 2.22. The van der Waals surface area contributed by atoms with Crippen LogP contribution in [0.3, 0.4) is 0 Å². The summed E-state index contributed by atoms with van der Waals surface area (Å²) in [7, 11) is 0. The van der Waals surface area contributed by atoms with Gasteiger partial charge < -0.3 is 0 Å². The molecular weight excluding hydrogens is 256 g/mol. The lowest BCUT2D eigenvalue weighted by atomic mass is 10.2. The first kappa shape index (κ1) is 8.91. The van der Waals surface area contributed by atoms with Gasteiger partial charge in [-0.2, -0.15) is 0 Å². The highest BCUT2D eigenvalue weighted by Gasteiger charge is 2.08. The highest BCUT2D eigenvalue weighted by atomic mass is 79.9. The van der Waals surface area contributed by atoms with Crippen molar-refractivity contribution in [3.8, 4) is 0 Å². The molecule has 2 rings (SSSR count). The SMILES string of the molecule is Fc1c(Cl)cc(Br)c2ccncc12. The summed E-state index contributed by atoms with van der Waals surface area (Å²) < 4.78 is 14.2. The molecule has 0 amide bonds. The predicted molar refractivity (Wildman–Crippen MR) is 54.4 cm³/mol. The van der Waals surface area contributed by atoms with E-state index < -0.39 is 5.82 Å². The van der Waals surface area contributed by atoms with E-state index >= 15 is 0 Å². The summed E-state index contributed by atoms with van der Waals surface area (Å²) in [5.74, 6) is -0.423. The predicted octanol–water partition coefficient (Wildman–Crippen LogP) is 3.79. The van der Waals surface area contributed by atoms with Gasteiger partial charge in [-0.1, -0.05) is 27.5 Å². The number of rotatable bonds is 0. The third-order valence-electron chi connectivity index (χ3n) is 1.78. The summed E-state index contributed by atoms with van der Waals surface area (Å²) in [5, 5.41) is 1.31. The largest absolute Gasteiger partial charge is 0.264 e. The van der Waals surface area contributed by atoms with Gasteiger partial charge in [0.05, 0.1) is 5.02 Å². The normalized spacial score (nSPS) is 10.7. The van der Waals surface area contributed by atoms with Gasteiger partial charge in [0.2, 0.25) is 0 Å². The van der Waals surface area contributed by atoms with Crippen LogP contribution in [0.15, 0.2) is 29.0 Å².